The zero-order valence-electron chi connectivity index (χ0n) is 7.77. The molecule has 0 spiro atoms. The SMILES string of the molecule is C=CC(=O)OCCC(O)C(O)CC. The summed E-state index contributed by atoms with van der Waals surface area (Å²) in [6, 6.07) is 0. The molecule has 76 valence electrons. The van der Waals surface area contributed by atoms with Gasteiger partial charge in [-0.3, -0.25) is 0 Å². The summed E-state index contributed by atoms with van der Waals surface area (Å²) in [6.07, 6.45) is 0.207. The van der Waals surface area contributed by atoms with Gasteiger partial charge in [0.15, 0.2) is 0 Å². The van der Waals surface area contributed by atoms with Crippen LogP contribution in [0, 0.1) is 0 Å². The first-order valence-electron chi connectivity index (χ1n) is 4.27. The molecule has 2 atom stereocenters. The van der Waals surface area contributed by atoms with Gasteiger partial charge >= 0.3 is 5.97 Å². The normalized spacial score (nSPS) is 14.7. The van der Waals surface area contributed by atoms with Gasteiger partial charge in [-0.1, -0.05) is 13.5 Å². The lowest BCUT2D eigenvalue weighted by Gasteiger charge is -2.15. The second-order valence-corrected chi connectivity index (χ2v) is 2.70. The summed E-state index contributed by atoms with van der Waals surface area (Å²) < 4.78 is 4.63. The van der Waals surface area contributed by atoms with Crippen molar-refractivity contribution >= 4 is 5.97 Å². The van der Waals surface area contributed by atoms with E-state index in [4.69, 9.17) is 5.11 Å². The predicted octanol–water partition coefficient (Wildman–Crippen LogP) is 0.237. The Kier molecular flexibility index (Phi) is 6.18. The quantitative estimate of drug-likeness (QED) is 0.463. The third kappa shape index (κ3) is 5.38. The Hall–Kier alpha value is -0.870. The van der Waals surface area contributed by atoms with Crippen LogP contribution in [0.3, 0.4) is 0 Å². The molecule has 0 radical (unpaired) electrons. The van der Waals surface area contributed by atoms with Gasteiger partial charge in [0.05, 0.1) is 18.8 Å². The highest BCUT2D eigenvalue weighted by atomic mass is 16.5. The van der Waals surface area contributed by atoms with Crippen LogP contribution < -0.4 is 0 Å². The van der Waals surface area contributed by atoms with E-state index in [-0.39, 0.29) is 13.0 Å². The minimum absolute atomic E-state index is 0.100. The van der Waals surface area contributed by atoms with E-state index in [1.54, 1.807) is 6.92 Å². The van der Waals surface area contributed by atoms with E-state index in [0.29, 0.717) is 6.42 Å². The first-order valence-corrected chi connectivity index (χ1v) is 4.27. The summed E-state index contributed by atoms with van der Waals surface area (Å²) in [5.41, 5.74) is 0. The zero-order valence-corrected chi connectivity index (χ0v) is 7.77. The fourth-order valence-electron chi connectivity index (χ4n) is 0.804. The molecule has 0 aliphatic rings. The molecule has 4 nitrogen and oxygen atoms in total. The van der Waals surface area contributed by atoms with Crippen LogP contribution in [-0.2, 0) is 9.53 Å². The van der Waals surface area contributed by atoms with Crippen LogP contribution in [0.5, 0.6) is 0 Å². The van der Waals surface area contributed by atoms with E-state index in [0.717, 1.165) is 6.08 Å². The van der Waals surface area contributed by atoms with E-state index in [1.165, 1.54) is 0 Å². The number of ether oxygens (including phenoxy) is 1. The van der Waals surface area contributed by atoms with E-state index in [9.17, 15) is 9.90 Å². The van der Waals surface area contributed by atoms with Crippen molar-refractivity contribution in [3.05, 3.63) is 12.7 Å². The molecule has 0 aromatic heterocycles. The number of carbonyl (C=O) groups is 1. The fourth-order valence-corrected chi connectivity index (χ4v) is 0.804. The summed E-state index contributed by atoms with van der Waals surface area (Å²) in [6.45, 7) is 5.09. The number of carbonyl (C=O) groups excluding carboxylic acids is 1. The monoisotopic (exact) mass is 188 g/mol. The highest BCUT2D eigenvalue weighted by Gasteiger charge is 2.13. The number of esters is 1. The van der Waals surface area contributed by atoms with Gasteiger partial charge in [-0.25, -0.2) is 4.79 Å². The van der Waals surface area contributed by atoms with Crippen molar-refractivity contribution in [3.63, 3.8) is 0 Å². The molecule has 0 aromatic carbocycles. The van der Waals surface area contributed by atoms with Gasteiger partial charge in [-0.05, 0) is 6.42 Å². The second kappa shape index (κ2) is 6.62. The van der Waals surface area contributed by atoms with Crippen LogP contribution in [-0.4, -0.2) is 35.0 Å². The summed E-state index contributed by atoms with van der Waals surface area (Å²) in [7, 11) is 0. The highest BCUT2D eigenvalue weighted by Crippen LogP contribution is 2.02. The summed E-state index contributed by atoms with van der Waals surface area (Å²) in [4.78, 5) is 10.5. The van der Waals surface area contributed by atoms with Gasteiger partial charge in [0.2, 0.25) is 0 Å². The first-order chi connectivity index (χ1) is 6.11. The van der Waals surface area contributed by atoms with Gasteiger partial charge in [0.1, 0.15) is 0 Å². The molecule has 2 unspecified atom stereocenters. The van der Waals surface area contributed by atoms with Gasteiger partial charge in [-0.2, -0.15) is 0 Å². The number of hydrogen-bond donors (Lipinski definition) is 2. The molecule has 0 bridgehead atoms. The molecule has 0 heterocycles. The van der Waals surface area contributed by atoms with Gasteiger partial charge < -0.3 is 14.9 Å². The van der Waals surface area contributed by atoms with E-state index in [2.05, 4.69) is 11.3 Å². The summed E-state index contributed by atoms with van der Waals surface area (Å²) in [5, 5.41) is 18.4. The Morgan fingerprint density at radius 2 is 2.15 bits per heavy atom. The topological polar surface area (TPSA) is 66.8 Å². The van der Waals surface area contributed by atoms with Crippen molar-refractivity contribution in [2.75, 3.05) is 6.61 Å². The molecule has 0 fully saturated rings. The Labute approximate surface area is 77.8 Å². The first kappa shape index (κ1) is 12.1. The maximum Gasteiger partial charge on any atom is 0.330 e. The second-order valence-electron chi connectivity index (χ2n) is 2.70. The van der Waals surface area contributed by atoms with Crippen molar-refractivity contribution in [2.45, 2.75) is 32.0 Å². The fraction of sp³-hybridized carbons (Fsp3) is 0.667. The lowest BCUT2D eigenvalue weighted by atomic mass is 10.1. The molecule has 0 rings (SSSR count). The Morgan fingerprint density at radius 3 is 2.62 bits per heavy atom. The van der Waals surface area contributed by atoms with E-state index >= 15 is 0 Å². The molecule has 0 aliphatic heterocycles. The Bertz CT molecular complexity index is 167. The van der Waals surface area contributed by atoms with Crippen molar-refractivity contribution in [2.24, 2.45) is 0 Å². The van der Waals surface area contributed by atoms with Crippen molar-refractivity contribution in [1.29, 1.82) is 0 Å². The third-order valence-corrected chi connectivity index (χ3v) is 1.69. The minimum Gasteiger partial charge on any atom is -0.462 e. The van der Waals surface area contributed by atoms with Crippen molar-refractivity contribution < 1.29 is 19.7 Å². The molecule has 0 aromatic rings. The molecule has 0 aliphatic carbocycles. The summed E-state index contributed by atoms with van der Waals surface area (Å²) in [5.74, 6) is -0.516. The zero-order chi connectivity index (χ0) is 10.3. The van der Waals surface area contributed by atoms with Crippen LogP contribution in [0.15, 0.2) is 12.7 Å². The Balaban J connectivity index is 3.52. The van der Waals surface area contributed by atoms with E-state index < -0.39 is 18.2 Å². The molecular weight excluding hydrogens is 172 g/mol. The lowest BCUT2D eigenvalue weighted by Crippen LogP contribution is -2.26. The van der Waals surface area contributed by atoms with Crippen LogP contribution in [0.4, 0.5) is 0 Å². The van der Waals surface area contributed by atoms with Crippen molar-refractivity contribution in [3.8, 4) is 0 Å². The van der Waals surface area contributed by atoms with Crippen molar-refractivity contribution in [1.82, 2.24) is 0 Å². The van der Waals surface area contributed by atoms with Crippen LogP contribution >= 0.6 is 0 Å². The van der Waals surface area contributed by atoms with Gasteiger partial charge in [-0.15, -0.1) is 0 Å². The molecule has 4 heteroatoms. The van der Waals surface area contributed by atoms with Crippen LogP contribution in [0.1, 0.15) is 19.8 Å². The standard InChI is InChI=1S/C9H16O4/c1-3-7(10)8(11)5-6-13-9(12)4-2/h4,7-8,10-11H,2-3,5-6H2,1H3. The highest BCUT2D eigenvalue weighted by molar-refractivity contribution is 5.81. The summed E-state index contributed by atoms with van der Waals surface area (Å²) >= 11 is 0. The largest absolute Gasteiger partial charge is 0.462 e. The molecule has 0 amide bonds. The average Bonchev–Trinajstić information content (AvgIpc) is 2.15. The number of aliphatic hydroxyl groups is 2. The maximum absolute atomic E-state index is 10.5. The molecule has 2 N–H and O–H groups in total. The average molecular weight is 188 g/mol. The molecule has 0 saturated carbocycles. The van der Waals surface area contributed by atoms with Crippen LogP contribution in [0.25, 0.3) is 0 Å². The van der Waals surface area contributed by atoms with Gasteiger partial charge in [0.25, 0.3) is 0 Å². The predicted molar refractivity (Wildman–Crippen MR) is 48.1 cm³/mol. The molecule has 13 heavy (non-hydrogen) atoms. The third-order valence-electron chi connectivity index (χ3n) is 1.69. The Morgan fingerprint density at radius 1 is 1.54 bits per heavy atom. The minimum atomic E-state index is -0.831. The van der Waals surface area contributed by atoms with Crippen LogP contribution in [0.2, 0.25) is 0 Å². The molecule has 0 saturated heterocycles. The number of rotatable bonds is 6. The molecular formula is C9H16O4. The van der Waals surface area contributed by atoms with Gasteiger partial charge in [0, 0.05) is 12.5 Å². The number of hydrogen-bond acceptors (Lipinski definition) is 4. The smallest absolute Gasteiger partial charge is 0.330 e. The van der Waals surface area contributed by atoms with E-state index in [1.807, 2.05) is 0 Å². The lowest BCUT2D eigenvalue weighted by molar-refractivity contribution is -0.138. The maximum atomic E-state index is 10.5. The number of aliphatic hydroxyl groups excluding tert-OH is 2.